The van der Waals surface area contributed by atoms with E-state index in [4.69, 9.17) is 0 Å². The molecule has 0 atom stereocenters. The molecule has 0 N–H and O–H groups in total. The quantitative estimate of drug-likeness (QED) is 0.529. The van der Waals surface area contributed by atoms with Crippen LogP contribution in [-0.2, 0) is 6.18 Å². The lowest BCUT2D eigenvalue weighted by Crippen LogP contribution is -2.11. The van der Waals surface area contributed by atoms with Gasteiger partial charge in [-0.25, -0.2) is 27.5 Å². The van der Waals surface area contributed by atoms with Gasteiger partial charge in [0.15, 0.2) is 5.82 Å². The molecule has 27 heavy (non-hydrogen) atoms. The second kappa shape index (κ2) is 6.64. The Morgan fingerprint density at radius 1 is 0.704 bits per heavy atom. The Kier molecular flexibility index (Phi) is 4.63. The topological polar surface area (TPSA) is 25.8 Å². The fraction of sp³-hybridized carbons (Fsp3) is 0.111. The zero-order valence-electron chi connectivity index (χ0n) is 13.5. The Morgan fingerprint density at radius 2 is 1.19 bits per heavy atom. The van der Waals surface area contributed by atoms with Crippen LogP contribution in [0.15, 0.2) is 36.7 Å². The average molecular weight is 386 g/mol. The van der Waals surface area contributed by atoms with Crippen LogP contribution in [0, 0.1) is 30.2 Å². The summed E-state index contributed by atoms with van der Waals surface area (Å²) in [5, 5.41) is 0. The predicted molar refractivity (Wildman–Crippen MR) is 82.5 cm³/mol. The number of aryl methyl sites for hydroxylation is 1. The summed E-state index contributed by atoms with van der Waals surface area (Å²) >= 11 is 0. The largest absolute Gasteiger partial charge is 0.422 e. The molecule has 0 aliphatic heterocycles. The first-order valence-electron chi connectivity index (χ1n) is 7.42. The minimum atomic E-state index is -5.20. The second-order valence-corrected chi connectivity index (χ2v) is 5.71. The molecule has 1 aromatic heterocycles. The van der Waals surface area contributed by atoms with Crippen LogP contribution in [0.1, 0.15) is 11.1 Å². The molecule has 140 valence electrons. The summed E-state index contributed by atoms with van der Waals surface area (Å²) in [6.07, 6.45) is -3.18. The molecule has 0 spiro atoms. The highest BCUT2D eigenvalue weighted by Crippen LogP contribution is 2.35. The summed E-state index contributed by atoms with van der Waals surface area (Å²) in [4.78, 5) is 7.49. The van der Waals surface area contributed by atoms with E-state index in [0.717, 1.165) is 24.5 Å². The van der Waals surface area contributed by atoms with Gasteiger partial charge in [0, 0.05) is 23.5 Å². The van der Waals surface area contributed by atoms with Gasteiger partial charge in [-0.3, -0.25) is 0 Å². The van der Waals surface area contributed by atoms with E-state index in [1.165, 1.54) is 6.92 Å². The molecular formula is C18H9F7N2. The van der Waals surface area contributed by atoms with Crippen molar-refractivity contribution in [1.29, 1.82) is 0 Å². The minimum absolute atomic E-state index is 0.0402. The second-order valence-electron chi connectivity index (χ2n) is 5.71. The molecule has 0 radical (unpaired) electrons. The number of aromatic nitrogens is 2. The molecule has 0 fully saturated rings. The molecular weight excluding hydrogens is 377 g/mol. The zero-order valence-corrected chi connectivity index (χ0v) is 13.5. The molecule has 3 rings (SSSR count). The first-order valence-corrected chi connectivity index (χ1v) is 7.42. The van der Waals surface area contributed by atoms with Gasteiger partial charge in [-0.15, -0.1) is 0 Å². The SMILES string of the molecule is Cc1cc(F)c(-c2cnc(-c3cc(F)c(C(F)(F)F)c(F)c3)nc2)c(F)c1. The third kappa shape index (κ3) is 3.62. The lowest BCUT2D eigenvalue weighted by Gasteiger charge is -2.11. The lowest BCUT2D eigenvalue weighted by atomic mass is 10.1. The summed E-state index contributed by atoms with van der Waals surface area (Å²) < 4.78 is 93.1. The summed E-state index contributed by atoms with van der Waals surface area (Å²) in [5.74, 6) is -5.65. The van der Waals surface area contributed by atoms with Gasteiger partial charge in [0.1, 0.15) is 28.8 Å². The van der Waals surface area contributed by atoms with Gasteiger partial charge >= 0.3 is 6.18 Å². The van der Waals surface area contributed by atoms with E-state index in [0.29, 0.717) is 17.7 Å². The van der Waals surface area contributed by atoms with E-state index in [9.17, 15) is 30.7 Å². The predicted octanol–water partition coefficient (Wildman–Crippen LogP) is 5.69. The molecule has 2 aromatic carbocycles. The molecule has 9 heteroatoms. The molecule has 0 amide bonds. The Labute approximate surface area is 148 Å². The van der Waals surface area contributed by atoms with Gasteiger partial charge in [0.05, 0.1) is 5.56 Å². The summed E-state index contributed by atoms with van der Waals surface area (Å²) in [6.45, 7) is 1.50. The van der Waals surface area contributed by atoms with Crippen molar-refractivity contribution in [3.8, 4) is 22.5 Å². The maximum Gasteiger partial charge on any atom is 0.422 e. The van der Waals surface area contributed by atoms with Crippen molar-refractivity contribution in [3.05, 3.63) is 71.1 Å². The minimum Gasteiger partial charge on any atom is -0.236 e. The summed E-state index contributed by atoms with van der Waals surface area (Å²) in [6, 6.07) is 3.09. The van der Waals surface area contributed by atoms with Crippen LogP contribution in [0.5, 0.6) is 0 Å². The number of nitrogens with zero attached hydrogens (tertiary/aromatic N) is 2. The lowest BCUT2D eigenvalue weighted by molar-refractivity contribution is -0.142. The van der Waals surface area contributed by atoms with Gasteiger partial charge in [-0.05, 0) is 36.8 Å². The molecule has 0 unspecified atom stereocenters. The number of hydrogen-bond donors (Lipinski definition) is 0. The van der Waals surface area contributed by atoms with E-state index in [1.54, 1.807) is 0 Å². The maximum atomic E-state index is 14.0. The Balaban J connectivity index is 2.02. The Hall–Kier alpha value is -2.97. The van der Waals surface area contributed by atoms with Crippen LogP contribution in [0.25, 0.3) is 22.5 Å². The molecule has 1 heterocycles. The molecule has 0 aliphatic carbocycles. The van der Waals surface area contributed by atoms with Gasteiger partial charge in [-0.1, -0.05) is 0 Å². The van der Waals surface area contributed by atoms with Crippen LogP contribution >= 0.6 is 0 Å². The maximum absolute atomic E-state index is 14.0. The first-order chi connectivity index (χ1) is 12.6. The molecule has 0 bridgehead atoms. The van der Waals surface area contributed by atoms with Crippen molar-refractivity contribution >= 4 is 0 Å². The third-order valence-corrected chi connectivity index (χ3v) is 3.71. The number of halogens is 7. The zero-order chi connectivity index (χ0) is 19.9. The van der Waals surface area contributed by atoms with E-state index < -0.39 is 40.6 Å². The van der Waals surface area contributed by atoms with Crippen LogP contribution in [0.4, 0.5) is 30.7 Å². The fourth-order valence-electron chi connectivity index (χ4n) is 2.55. The van der Waals surface area contributed by atoms with Crippen molar-refractivity contribution in [2.45, 2.75) is 13.1 Å². The normalized spacial score (nSPS) is 11.7. The molecule has 2 nitrogen and oxygen atoms in total. The standard InChI is InChI=1S/C18H9F7N2/c1-8-2-11(19)15(12(20)3-8)10-6-26-17(27-7-10)9-4-13(21)16(14(22)5-9)18(23,24)25/h2-7H,1H3. The van der Waals surface area contributed by atoms with E-state index in [1.807, 2.05) is 0 Å². The van der Waals surface area contributed by atoms with Gasteiger partial charge < -0.3 is 0 Å². The van der Waals surface area contributed by atoms with Crippen LogP contribution < -0.4 is 0 Å². The van der Waals surface area contributed by atoms with Crippen molar-refractivity contribution in [2.75, 3.05) is 0 Å². The van der Waals surface area contributed by atoms with Gasteiger partial charge in [0.25, 0.3) is 0 Å². The molecule has 0 saturated carbocycles. The van der Waals surface area contributed by atoms with Crippen molar-refractivity contribution in [3.63, 3.8) is 0 Å². The summed E-state index contributed by atoms with van der Waals surface area (Å²) in [7, 11) is 0. The molecule has 0 saturated heterocycles. The smallest absolute Gasteiger partial charge is 0.236 e. The fourth-order valence-corrected chi connectivity index (χ4v) is 2.55. The number of alkyl halides is 3. The number of rotatable bonds is 2. The van der Waals surface area contributed by atoms with E-state index in [2.05, 4.69) is 9.97 Å². The third-order valence-electron chi connectivity index (χ3n) is 3.71. The van der Waals surface area contributed by atoms with E-state index >= 15 is 0 Å². The molecule has 3 aromatic rings. The Morgan fingerprint density at radius 3 is 1.63 bits per heavy atom. The first kappa shape index (κ1) is 18.8. The van der Waals surface area contributed by atoms with Crippen molar-refractivity contribution < 1.29 is 30.7 Å². The van der Waals surface area contributed by atoms with E-state index in [-0.39, 0.29) is 17.0 Å². The number of benzene rings is 2. The van der Waals surface area contributed by atoms with Gasteiger partial charge in [-0.2, -0.15) is 13.2 Å². The van der Waals surface area contributed by atoms with Crippen LogP contribution in [0.3, 0.4) is 0 Å². The number of hydrogen-bond acceptors (Lipinski definition) is 2. The Bertz CT molecular complexity index is 965. The van der Waals surface area contributed by atoms with Gasteiger partial charge in [0.2, 0.25) is 0 Å². The van der Waals surface area contributed by atoms with Crippen molar-refractivity contribution in [2.24, 2.45) is 0 Å². The van der Waals surface area contributed by atoms with Crippen LogP contribution in [0.2, 0.25) is 0 Å². The highest BCUT2D eigenvalue weighted by atomic mass is 19.4. The average Bonchev–Trinajstić information content (AvgIpc) is 2.52. The van der Waals surface area contributed by atoms with Crippen LogP contribution in [-0.4, -0.2) is 9.97 Å². The highest BCUT2D eigenvalue weighted by molar-refractivity contribution is 5.65. The summed E-state index contributed by atoms with van der Waals surface area (Å²) in [5.41, 5.74) is -2.44. The molecule has 0 aliphatic rings. The highest BCUT2D eigenvalue weighted by Gasteiger charge is 2.38. The van der Waals surface area contributed by atoms with Crippen molar-refractivity contribution in [1.82, 2.24) is 9.97 Å². The monoisotopic (exact) mass is 386 g/mol.